The Morgan fingerprint density at radius 3 is 1.61 bits per heavy atom. The van der Waals surface area contributed by atoms with Gasteiger partial charge in [0.05, 0.1) is 12.1 Å². The lowest BCUT2D eigenvalue weighted by atomic mass is 10.1. The Hall–Kier alpha value is -2.62. The summed E-state index contributed by atoms with van der Waals surface area (Å²) in [6.45, 7) is 0. The van der Waals surface area contributed by atoms with Crippen molar-refractivity contribution >= 4 is 11.8 Å². The maximum atomic E-state index is 12.3. The third-order valence-corrected chi connectivity index (χ3v) is 5.99. The highest BCUT2D eigenvalue weighted by Crippen LogP contribution is 2.31. The summed E-state index contributed by atoms with van der Waals surface area (Å²) in [6, 6.07) is 17.0. The minimum absolute atomic E-state index is 0.0897. The molecule has 4 nitrogen and oxygen atoms in total. The van der Waals surface area contributed by atoms with Crippen LogP contribution in [-0.4, -0.2) is 11.8 Å². The molecule has 0 saturated carbocycles. The molecule has 4 rings (SSSR count). The summed E-state index contributed by atoms with van der Waals surface area (Å²) in [6.07, 6.45) is 6.49. The third-order valence-electron chi connectivity index (χ3n) is 5.99. The highest BCUT2D eigenvalue weighted by Gasteiger charge is 2.24. The van der Waals surface area contributed by atoms with E-state index in [0.717, 1.165) is 38.5 Å². The van der Waals surface area contributed by atoms with E-state index in [2.05, 4.69) is 47.0 Å². The van der Waals surface area contributed by atoms with Crippen LogP contribution in [0, 0.1) is 0 Å². The predicted molar refractivity (Wildman–Crippen MR) is 110 cm³/mol. The van der Waals surface area contributed by atoms with Crippen LogP contribution < -0.4 is 10.6 Å². The lowest BCUT2D eigenvalue weighted by molar-refractivity contribution is -0.123. The molecule has 2 amide bonds. The number of benzene rings is 2. The zero-order valence-corrected chi connectivity index (χ0v) is 16.2. The van der Waals surface area contributed by atoms with E-state index in [1.54, 1.807) is 0 Å². The molecule has 2 N–H and O–H groups in total. The van der Waals surface area contributed by atoms with Gasteiger partial charge in [0, 0.05) is 12.8 Å². The second kappa shape index (κ2) is 8.59. The summed E-state index contributed by atoms with van der Waals surface area (Å²) in [4.78, 5) is 24.5. The predicted octanol–water partition coefficient (Wildman–Crippen LogP) is 4.15. The highest BCUT2D eigenvalue weighted by atomic mass is 16.2. The Kier molecular flexibility index (Phi) is 5.75. The van der Waals surface area contributed by atoms with E-state index in [0.29, 0.717) is 12.8 Å². The quantitative estimate of drug-likeness (QED) is 0.713. The van der Waals surface area contributed by atoms with Gasteiger partial charge in [0.15, 0.2) is 0 Å². The smallest absolute Gasteiger partial charge is 0.220 e. The van der Waals surface area contributed by atoms with Gasteiger partial charge in [-0.05, 0) is 60.8 Å². The van der Waals surface area contributed by atoms with Crippen LogP contribution in [0.15, 0.2) is 48.5 Å². The minimum Gasteiger partial charge on any atom is -0.349 e. The average Bonchev–Trinajstić information content (AvgIpc) is 3.30. The Labute approximate surface area is 166 Å². The van der Waals surface area contributed by atoms with Gasteiger partial charge in [-0.25, -0.2) is 0 Å². The molecule has 2 aliphatic rings. The van der Waals surface area contributed by atoms with Crippen molar-refractivity contribution < 1.29 is 9.59 Å². The molecule has 2 atom stereocenters. The summed E-state index contributed by atoms with van der Waals surface area (Å²) in [5.74, 6) is 0.179. The normalized spacial score (nSPS) is 19.7. The number of hydrogen-bond donors (Lipinski definition) is 2. The Balaban J connectivity index is 1.15. The highest BCUT2D eigenvalue weighted by molar-refractivity contribution is 5.78. The molecule has 0 aromatic heterocycles. The Morgan fingerprint density at radius 2 is 1.14 bits per heavy atom. The molecule has 0 saturated heterocycles. The number of amides is 2. The number of carbonyl (C=O) groups excluding carboxylic acids is 2. The largest absolute Gasteiger partial charge is 0.349 e. The summed E-state index contributed by atoms with van der Waals surface area (Å²) >= 11 is 0. The molecule has 0 radical (unpaired) electrons. The van der Waals surface area contributed by atoms with Gasteiger partial charge in [-0.2, -0.15) is 0 Å². The number of carbonyl (C=O) groups is 2. The van der Waals surface area contributed by atoms with E-state index >= 15 is 0 Å². The molecule has 0 bridgehead atoms. The molecule has 2 aliphatic carbocycles. The minimum atomic E-state index is 0.0897. The van der Waals surface area contributed by atoms with Crippen LogP contribution in [0.2, 0.25) is 0 Å². The molecule has 28 heavy (non-hydrogen) atoms. The monoisotopic (exact) mass is 376 g/mol. The van der Waals surface area contributed by atoms with Crippen molar-refractivity contribution in [3.05, 3.63) is 70.8 Å². The summed E-state index contributed by atoms with van der Waals surface area (Å²) in [5, 5.41) is 6.31. The summed E-state index contributed by atoms with van der Waals surface area (Å²) in [7, 11) is 0. The summed E-state index contributed by atoms with van der Waals surface area (Å²) < 4.78 is 0. The number of hydrogen-bond acceptors (Lipinski definition) is 2. The van der Waals surface area contributed by atoms with Crippen LogP contribution in [0.1, 0.15) is 72.9 Å². The third kappa shape index (κ3) is 4.27. The van der Waals surface area contributed by atoms with Gasteiger partial charge in [-0.3, -0.25) is 9.59 Å². The van der Waals surface area contributed by atoms with E-state index in [1.165, 1.54) is 22.3 Å². The first-order chi connectivity index (χ1) is 13.7. The van der Waals surface area contributed by atoms with Crippen molar-refractivity contribution in [3.63, 3.8) is 0 Å². The van der Waals surface area contributed by atoms with Crippen LogP contribution in [0.3, 0.4) is 0 Å². The molecule has 146 valence electrons. The standard InChI is InChI=1S/C24H28N2O2/c27-23(25-21-15-13-17-7-1-3-9-19(17)21)11-5-6-12-24(28)26-22-16-14-18-8-2-4-10-20(18)22/h1-4,7-10,21-22H,5-6,11-16H2,(H,25,27)(H,26,28). The molecular weight excluding hydrogens is 348 g/mol. The molecule has 0 aliphatic heterocycles. The van der Waals surface area contributed by atoms with E-state index in [1.807, 2.05) is 12.1 Å². The number of fused-ring (bicyclic) bond motifs is 2. The SMILES string of the molecule is O=C(CCCCC(=O)NC1CCc2ccccc21)NC1CCc2ccccc21. The van der Waals surface area contributed by atoms with E-state index < -0.39 is 0 Å². The van der Waals surface area contributed by atoms with Crippen LogP contribution in [-0.2, 0) is 22.4 Å². The molecule has 4 heteroatoms. The first-order valence-corrected chi connectivity index (χ1v) is 10.4. The van der Waals surface area contributed by atoms with Crippen molar-refractivity contribution in [2.75, 3.05) is 0 Å². The maximum absolute atomic E-state index is 12.3. The van der Waals surface area contributed by atoms with E-state index in [4.69, 9.17) is 0 Å². The van der Waals surface area contributed by atoms with E-state index in [9.17, 15) is 9.59 Å². The molecule has 0 heterocycles. The Bertz CT molecular complexity index is 790. The maximum Gasteiger partial charge on any atom is 0.220 e. The average molecular weight is 377 g/mol. The molecule has 0 fully saturated rings. The van der Waals surface area contributed by atoms with Crippen molar-refractivity contribution in [1.82, 2.24) is 10.6 Å². The zero-order valence-electron chi connectivity index (χ0n) is 16.2. The fourth-order valence-corrected chi connectivity index (χ4v) is 4.52. The van der Waals surface area contributed by atoms with E-state index in [-0.39, 0.29) is 23.9 Å². The fraction of sp³-hybridized carbons (Fsp3) is 0.417. The lowest BCUT2D eigenvalue weighted by Gasteiger charge is -2.15. The van der Waals surface area contributed by atoms with Crippen molar-refractivity contribution in [3.8, 4) is 0 Å². The fourth-order valence-electron chi connectivity index (χ4n) is 4.52. The number of nitrogens with one attached hydrogen (secondary N) is 2. The molecule has 2 unspecified atom stereocenters. The van der Waals surface area contributed by atoms with Crippen molar-refractivity contribution in [2.45, 2.75) is 63.5 Å². The van der Waals surface area contributed by atoms with Crippen molar-refractivity contribution in [1.29, 1.82) is 0 Å². The molecule has 2 aromatic rings. The van der Waals surface area contributed by atoms with Gasteiger partial charge in [0.2, 0.25) is 11.8 Å². The first kappa shape index (κ1) is 18.7. The zero-order chi connectivity index (χ0) is 19.3. The number of rotatable bonds is 7. The van der Waals surface area contributed by atoms with Gasteiger partial charge in [0.1, 0.15) is 0 Å². The van der Waals surface area contributed by atoms with Crippen LogP contribution in [0.4, 0.5) is 0 Å². The van der Waals surface area contributed by atoms with Gasteiger partial charge < -0.3 is 10.6 Å². The second-order valence-electron chi connectivity index (χ2n) is 7.92. The molecule has 2 aromatic carbocycles. The number of aryl methyl sites for hydroxylation is 2. The van der Waals surface area contributed by atoms with Crippen LogP contribution in [0.25, 0.3) is 0 Å². The van der Waals surface area contributed by atoms with Gasteiger partial charge in [0.25, 0.3) is 0 Å². The van der Waals surface area contributed by atoms with Crippen LogP contribution >= 0.6 is 0 Å². The van der Waals surface area contributed by atoms with Crippen molar-refractivity contribution in [2.24, 2.45) is 0 Å². The lowest BCUT2D eigenvalue weighted by Crippen LogP contribution is -2.28. The topological polar surface area (TPSA) is 58.2 Å². The Morgan fingerprint density at radius 1 is 0.714 bits per heavy atom. The summed E-state index contributed by atoms with van der Waals surface area (Å²) in [5.41, 5.74) is 5.20. The van der Waals surface area contributed by atoms with Crippen LogP contribution in [0.5, 0.6) is 0 Å². The molecular formula is C24H28N2O2. The van der Waals surface area contributed by atoms with Gasteiger partial charge in [-0.1, -0.05) is 48.5 Å². The first-order valence-electron chi connectivity index (χ1n) is 10.4. The molecule has 0 spiro atoms. The number of unbranched alkanes of at least 4 members (excludes halogenated alkanes) is 1. The van der Waals surface area contributed by atoms with Gasteiger partial charge in [-0.15, -0.1) is 0 Å². The second-order valence-corrected chi connectivity index (χ2v) is 7.92. The van der Waals surface area contributed by atoms with Gasteiger partial charge >= 0.3 is 0 Å².